The van der Waals surface area contributed by atoms with Crippen LogP contribution >= 0.6 is 12.4 Å². The van der Waals surface area contributed by atoms with Crippen LogP contribution in [0, 0.1) is 0 Å². The van der Waals surface area contributed by atoms with E-state index >= 15 is 0 Å². The highest BCUT2D eigenvalue weighted by Crippen LogP contribution is 2.23. The van der Waals surface area contributed by atoms with Crippen molar-refractivity contribution in [3.05, 3.63) is 17.5 Å². The van der Waals surface area contributed by atoms with Crippen molar-refractivity contribution < 1.29 is 4.79 Å². The summed E-state index contributed by atoms with van der Waals surface area (Å²) < 4.78 is 0. The normalized spacial score (nSPS) is 20.7. The Labute approximate surface area is 94.2 Å². The van der Waals surface area contributed by atoms with Gasteiger partial charge >= 0.3 is 0 Å². The van der Waals surface area contributed by atoms with Crippen LogP contribution in [0.4, 0.5) is 0 Å². The highest BCUT2D eigenvalue weighted by molar-refractivity contribution is 5.93. The molecule has 1 fully saturated rings. The molecule has 1 aromatic rings. The fourth-order valence-corrected chi connectivity index (χ4v) is 1.86. The van der Waals surface area contributed by atoms with E-state index in [1.807, 2.05) is 0 Å². The summed E-state index contributed by atoms with van der Waals surface area (Å²) in [6, 6.07) is 0.203. The SMILES string of the molecule is Cl.NC(=O)c1cn[nH]c1C1CCCCN1. The summed E-state index contributed by atoms with van der Waals surface area (Å²) in [5.74, 6) is -0.416. The van der Waals surface area contributed by atoms with E-state index in [1.165, 1.54) is 19.0 Å². The Kier molecular flexibility index (Phi) is 4.11. The Balaban J connectivity index is 0.00000112. The molecule has 1 aliphatic rings. The standard InChI is InChI=1S/C9H14N4O.ClH/c10-9(14)6-5-12-13-8(6)7-3-1-2-4-11-7;/h5,7,11H,1-4H2,(H2,10,14)(H,12,13);1H. The minimum absolute atomic E-state index is 0. The molecule has 2 rings (SSSR count). The minimum Gasteiger partial charge on any atom is -0.365 e. The maximum atomic E-state index is 11.1. The molecule has 15 heavy (non-hydrogen) atoms. The monoisotopic (exact) mass is 230 g/mol. The van der Waals surface area contributed by atoms with E-state index in [4.69, 9.17) is 5.73 Å². The predicted molar refractivity (Wildman–Crippen MR) is 58.9 cm³/mol. The third kappa shape index (κ3) is 2.49. The zero-order valence-corrected chi connectivity index (χ0v) is 9.14. The van der Waals surface area contributed by atoms with Crippen LogP contribution in [0.3, 0.4) is 0 Å². The molecular formula is C9H15ClN4O. The number of nitrogens with zero attached hydrogens (tertiary/aromatic N) is 1. The van der Waals surface area contributed by atoms with Crippen LogP contribution in [0.2, 0.25) is 0 Å². The number of nitrogens with one attached hydrogen (secondary N) is 2. The van der Waals surface area contributed by atoms with E-state index < -0.39 is 5.91 Å². The van der Waals surface area contributed by atoms with Crippen LogP contribution < -0.4 is 11.1 Å². The van der Waals surface area contributed by atoms with Crippen LogP contribution in [-0.4, -0.2) is 22.6 Å². The van der Waals surface area contributed by atoms with E-state index in [0.717, 1.165) is 18.7 Å². The summed E-state index contributed by atoms with van der Waals surface area (Å²) in [5, 5.41) is 10.0. The van der Waals surface area contributed by atoms with Gasteiger partial charge in [0, 0.05) is 6.04 Å². The smallest absolute Gasteiger partial charge is 0.252 e. The molecule has 84 valence electrons. The van der Waals surface area contributed by atoms with E-state index in [-0.39, 0.29) is 18.4 Å². The van der Waals surface area contributed by atoms with Crippen molar-refractivity contribution in [2.24, 2.45) is 5.73 Å². The third-order valence-electron chi connectivity index (χ3n) is 2.59. The van der Waals surface area contributed by atoms with Gasteiger partial charge in [0.25, 0.3) is 5.91 Å². The van der Waals surface area contributed by atoms with Gasteiger partial charge in [-0.05, 0) is 19.4 Å². The van der Waals surface area contributed by atoms with Crippen molar-refractivity contribution in [1.82, 2.24) is 15.5 Å². The molecule has 0 saturated carbocycles. The van der Waals surface area contributed by atoms with Gasteiger partial charge in [0.1, 0.15) is 0 Å². The first kappa shape index (κ1) is 12.0. The largest absolute Gasteiger partial charge is 0.365 e. The van der Waals surface area contributed by atoms with E-state index in [1.54, 1.807) is 0 Å². The number of nitrogens with two attached hydrogens (primary N) is 1. The molecule has 6 heteroatoms. The molecule has 0 radical (unpaired) electrons. The van der Waals surface area contributed by atoms with Crippen molar-refractivity contribution in [2.75, 3.05) is 6.54 Å². The van der Waals surface area contributed by atoms with Crippen molar-refractivity contribution in [3.63, 3.8) is 0 Å². The summed E-state index contributed by atoms with van der Waals surface area (Å²) in [6.07, 6.45) is 4.89. The van der Waals surface area contributed by atoms with Gasteiger partial charge in [0.15, 0.2) is 0 Å². The molecule has 1 aliphatic heterocycles. The summed E-state index contributed by atoms with van der Waals surface area (Å²) in [4.78, 5) is 11.1. The van der Waals surface area contributed by atoms with Gasteiger partial charge in [0.2, 0.25) is 0 Å². The molecule has 5 nitrogen and oxygen atoms in total. The van der Waals surface area contributed by atoms with Gasteiger partial charge in [-0.2, -0.15) is 5.10 Å². The zero-order valence-electron chi connectivity index (χ0n) is 8.32. The molecule has 1 atom stereocenters. The maximum absolute atomic E-state index is 11.1. The Morgan fingerprint density at radius 2 is 2.33 bits per heavy atom. The number of rotatable bonds is 2. The first-order chi connectivity index (χ1) is 6.79. The quantitative estimate of drug-likeness (QED) is 0.701. The number of amides is 1. The lowest BCUT2D eigenvalue weighted by atomic mass is 9.99. The van der Waals surface area contributed by atoms with Crippen LogP contribution in [0.25, 0.3) is 0 Å². The van der Waals surface area contributed by atoms with Crippen LogP contribution in [0.1, 0.15) is 41.4 Å². The molecular weight excluding hydrogens is 216 g/mol. The van der Waals surface area contributed by atoms with Crippen molar-refractivity contribution in [2.45, 2.75) is 25.3 Å². The molecule has 0 aromatic carbocycles. The lowest BCUT2D eigenvalue weighted by Gasteiger charge is -2.22. The van der Waals surface area contributed by atoms with Crippen LogP contribution in [0.15, 0.2) is 6.20 Å². The second kappa shape index (κ2) is 5.14. The predicted octanol–water partition coefficient (Wildman–Crippen LogP) is 0.745. The minimum atomic E-state index is -0.416. The average Bonchev–Trinajstić information content (AvgIpc) is 2.67. The van der Waals surface area contributed by atoms with Crippen LogP contribution in [0.5, 0.6) is 0 Å². The van der Waals surface area contributed by atoms with Gasteiger partial charge in [0.05, 0.1) is 17.5 Å². The molecule has 0 spiro atoms. The fourth-order valence-electron chi connectivity index (χ4n) is 1.86. The number of aromatic amines is 1. The number of primary amides is 1. The Hall–Kier alpha value is -1.07. The Morgan fingerprint density at radius 3 is 2.93 bits per heavy atom. The highest BCUT2D eigenvalue weighted by atomic mass is 35.5. The Morgan fingerprint density at radius 1 is 1.53 bits per heavy atom. The van der Waals surface area contributed by atoms with Crippen molar-refractivity contribution >= 4 is 18.3 Å². The van der Waals surface area contributed by atoms with E-state index in [9.17, 15) is 4.79 Å². The fraction of sp³-hybridized carbons (Fsp3) is 0.556. The molecule has 1 aromatic heterocycles. The number of piperidine rings is 1. The molecule has 1 unspecified atom stereocenters. The summed E-state index contributed by atoms with van der Waals surface area (Å²) in [6.45, 7) is 0.988. The van der Waals surface area contributed by atoms with Gasteiger partial charge < -0.3 is 11.1 Å². The second-order valence-electron chi connectivity index (χ2n) is 3.56. The molecule has 4 N–H and O–H groups in total. The van der Waals surface area contributed by atoms with Crippen molar-refractivity contribution in [1.29, 1.82) is 0 Å². The highest BCUT2D eigenvalue weighted by Gasteiger charge is 2.21. The molecule has 0 aliphatic carbocycles. The summed E-state index contributed by atoms with van der Waals surface area (Å²) >= 11 is 0. The lowest BCUT2D eigenvalue weighted by Crippen LogP contribution is -2.29. The van der Waals surface area contributed by atoms with Gasteiger partial charge in [-0.3, -0.25) is 9.89 Å². The molecule has 1 amide bonds. The molecule has 0 bridgehead atoms. The second-order valence-corrected chi connectivity index (χ2v) is 3.56. The number of carbonyl (C=O) groups excluding carboxylic acids is 1. The lowest BCUT2D eigenvalue weighted by molar-refractivity contribution is 0.0998. The van der Waals surface area contributed by atoms with E-state index in [2.05, 4.69) is 15.5 Å². The summed E-state index contributed by atoms with van der Waals surface area (Å²) in [5.41, 5.74) is 6.57. The van der Waals surface area contributed by atoms with E-state index in [0.29, 0.717) is 5.56 Å². The zero-order chi connectivity index (χ0) is 9.97. The molecule has 1 saturated heterocycles. The maximum Gasteiger partial charge on any atom is 0.252 e. The average molecular weight is 231 g/mol. The first-order valence-electron chi connectivity index (χ1n) is 4.85. The first-order valence-corrected chi connectivity index (χ1v) is 4.85. The number of hydrogen-bond acceptors (Lipinski definition) is 3. The van der Waals surface area contributed by atoms with Gasteiger partial charge in [-0.15, -0.1) is 12.4 Å². The number of carbonyl (C=O) groups is 1. The van der Waals surface area contributed by atoms with Gasteiger partial charge in [-0.1, -0.05) is 6.42 Å². The number of halogens is 1. The molecule has 2 heterocycles. The number of aromatic nitrogens is 2. The van der Waals surface area contributed by atoms with Crippen LogP contribution in [-0.2, 0) is 0 Å². The Bertz CT molecular complexity index is 333. The number of hydrogen-bond donors (Lipinski definition) is 3. The van der Waals surface area contributed by atoms with Crippen molar-refractivity contribution in [3.8, 4) is 0 Å². The topological polar surface area (TPSA) is 83.8 Å². The summed E-state index contributed by atoms with van der Waals surface area (Å²) in [7, 11) is 0. The third-order valence-corrected chi connectivity index (χ3v) is 2.59. The number of H-pyrrole nitrogens is 1. The van der Waals surface area contributed by atoms with Gasteiger partial charge in [-0.25, -0.2) is 0 Å².